The summed E-state index contributed by atoms with van der Waals surface area (Å²) in [5.41, 5.74) is 12.5. The number of nitrogens with two attached hydrogens (primary N) is 2. The van der Waals surface area contributed by atoms with Crippen LogP contribution in [0.3, 0.4) is 0 Å². The summed E-state index contributed by atoms with van der Waals surface area (Å²) in [5, 5.41) is 7.29. The summed E-state index contributed by atoms with van der Waals surface area (Å²) in [6.07, 6.45) is 0.369. The highest BCUT2D eigenvalue weighted by molar-refractivity contribution is 5.95. The summed E-state index contributed by atoms with van der Waals surface area (Å²) >= 11 is 0. The van der Waals surface area contributed by atoms with Gasteiger partial charge in [-0.25, -0.2) is 0 Å². The van der Waals surface area contributed by atoms with Gasteiger partial charge < -0.3 is 16.2 Å². The number of ether oxygens (including phenoxy) is 1. The number of hydrogen-bond acceptors (Lipinski definition) is 4. The van der Waals surface area contributed by atoms with Crippen molar-refractivity contribution in [2.24, 2.45) is 11.5 Å². The van der Waals surface area contributed by atoms with Gasteiger partial charge >= 0.3 is 5.97 Å². The van der Waals surface area contributed by atoms with Crippen LogP contribution in [0, 0.1) is 5.41 Å². The third-order valence-corrected chi connectivity index (χ3v) is 2.20. The predicted molar refractivity (Wildman–Crippen MR) is 75.6 cm³/mol. The quantitative estimate of drug-likeness (QED) is 0.435. The highest BCUT2D eigenvalue weighted by Gasteiger charge is 2.14. The van der Waals surface area contributed by atoms with Crippen molar-refractivity contribution < 1.29 is 9.53 Å². The molecule has 1 aromatic carbocycles. The van der Waals surface area contributed by atoms with Gasteiger partial charge in [-0.05, 0) is 18.1 Å². The summed E-state index contributed by atoms with van der Waals surface area (Å²) in [5.74, 6) is -0.457. The van der Waals surface area contributed by atoms with E-state index >= 15 is 0 Å². The molecule has 0 fully saturated rings. The van der Waals surface area contributed by atoms with Gasteiger partial charge in [-0.3, -0.25) is 10.2 Å². The monoisotopic (exact) mass is 293 g/mol. The summed E-state index contributed by atoms with van der Waals surface area (Å²) < 4.78 is 4.53. The molecule has 0 aliphatic heterocycles. The fourth-order valence-corrected chi connectivity index (χ4v) is 1.35. The zero-order chi connectivity index (χ0) is 12.1. The first-order valence-electron chi connectivity index (χ1n) is 4.81. The Labute approximate surface area is 118 Å². The summed E-state index contributed by atoms with van der Waals surface area (Å²) in [4.78, 5) is 11.1. The lowest BCUT2D eigenvalue weighted by molar-refractivity contribution is -0.142. The Hall–Kier alpha value is -1.30. The number of methoxy groups -OCH3 is 1. The van der Waals surface area contributed by atoms with Gasteiger partial charge in [-0.2, -0.15) is 0 Å². The fourth-order valence-electron chi connectivity index (χ4n) is 1.35. The molecule has 0 aliphatic carbocycles. The topological polar surface area (TPSA) is 102 Å². The molecule has 1 rings (SSSR count). The van der Waals surface area contributed by atoms with Gasteiger partial charge in [0.05, 0.1) is 7.11 Å². The molecule has 18 heavy (non-hydrogen) atoms. The highest BCUT2D eigenvalue weighted by atomic mass is 35.5. The van der Waals surface area contributed by atoms with Crippen LogP contribution in [0.15, 0.2) is 24.3 Å². The maximum absolute atomic E-state index is 11.1. The van der Waals surface area contributed by atoms with Gasteiger partial charge in [0.1, 0.15) is 11.9 Å². The zero-order valence-corrected chi connectivity index (χ0v) is 11.5. The Bertz CT molecular complexity index is 413. The number of nitrogen functional groups attached to an aromatic ring is 1. The Morgan fingerprint density at radius 3 is 2.56 bits per heavy atom. The van der Waals surface area contributed by atoms with E-state index in [0.717, 1.165) is 5.56 Å². The van der Waals surface area contributed by atoms with Crippen LogP contribution in [0.2, 0.25) is 0 Å². The lowest BCUT2D eigenvalue weighted by Gasteiger charge is -2.09. The fraction of sp³-hybridized carbons (Fsp3) is 0.273. The van der Waals surface area contributed by atoms with Crippen molar-refractivity contribution in [1.82, 2.24) is 0 Å². The molecule has 0 saturated carbocycles. The third-order valence-electron chi connectivity index (χ3n) is 2.20. The van der Waals surface area contributed by atoms with Crippen LogP contribution in [0.25, 0.3) is 0 Å². The van der Waals surface area contributed by atoms with E-state index in [-0.39, 0.29) is 30.6 Å². The van der Waals surface area contributed by atoms with Crippen molar-refractivity contribution in [2.75, 3.05) is 7.11 Å². The lowest BCUT2D eigenvalue weighted by atomic mass is 10.0. The average molecular weight is 294 g/mol. The van der Waals surface area contributed by atoms with Gasteiger partial charge in [0.15, 0.2) is 0 Å². The van der Waals surface area contributed by atoms with Crippen LogP contribution in [-0.4, -0.2) is 25.0 Å². The number of nitrogens with one attached hydrogen (secondary N) is 1. The van der Waals surface area contributed by atoms with Crippen LogP contribution in [0.1, 0.15) is 11.1 Å². The zero-order valence-electron chi connectivity index (χ0n) is 9.88. The number of carbonyl (C=O) groups excluding carboxylic acids is 1. The van der Waals surface area contributed by atoms with E-state index in [4.69, 9.17) is 16.9 Å². The molecule has 0 saturated heterocycles. The van der Waals surface area contributed by atoms with E-state index in [1.54, 1.807) is 18.2 Å². The highest BCUT2D eigenvalue weighted by Crippen LogP contribution is 2.07. The molecule has 5 N–H and O–H groups in total. The molecule has 0 bridgehead atoms. The van der Waals surface area contributed by atoms with E-state index < -0.39 is 12.0 Å². The Morgan fingerprint density at radius 1 is 1.44 bits per heavy atom. The lowest BCUT2D eigenvalue weighted by Crippen LogP contribution is -2.33. The van der Waals surface area contributed by atoms with Crippen LogP contribution in [0.5, 0.6) is 0 Å². The first-order valence-corrected chi connectivity index (χ1v) is 4.81. The van der Waals surface area contributed by atoms with Crippen molar-refractivity contribution in [3.63, 3.8) is 0 Å². The first kappa shape index (κ1) is 19.0. The molecule has 1 atom stereocenters. The van der Waals surface area contributed by atoms with Gasteiger partial charge in [-0.15, -0.1) is 24.8 Å². The van der Waals surface area contributed by atoms with E-state index in [2.05, 4.69) is 4.74 Å². The number of hydrogen-bond donors (Lipinski definition) is 3. The SMILES string of the molecule is COC(=O)[C@@H](N)Cc1cccc(C(=N)N)c1.Cl.Cl. The van der Waals surface area contributed by atoms with Crippen LogP contribution in [0.4, 0.5) is 0 Å². The minimum atomic E-state index is -0.688. The largest absolute Gasteiger partial charge is 0.468 e. The minimum absolute atomic E-state index is 0. The summed E-state index contributed by atoms with van der Waals surface area (Å²) in [6, 6.07) is 6.39. The number of rotatable bonds is 4. The second-order valence-corrected chi connectivity index (χ2v) is 3.45. The second kappa shape index (κ2) is 8.74. The smallest absolute Gasteiger partial charge is 0.322 e. The number of amidine groups is 1. The van der Waals surface area contributed by atoms with Crippen LogP contribution >= 0.6 is 24.8 Å². The molecule has 0 aliphatic rings. The Morgan fingerprint density at radius 2 is 2.06 bits per heavy atom. The molecular weight excluding hydrogens is 277 g/mol. The molecule has 0 radical (unpaired) electrons. The van der Waals surface area contributed by atoms with Crippen molar-refractivity contribution in [3.8, 4) is 0 Å². The van der Waals surface area contributed by atoms with Crippen molar-refractivity contribution in [3.05, 3.63) is 35.4 Å². The molecule has 0 aromatic heterocycles. The minimum Gasteiger partial charge on any atom is -0.468 e. The Kier molecular flexibility index (Phi) is 9.25. The molecule has 0 heterocycles. The maximum Gasteiger partial charge on any atom is 0.322 e. The van der Waals surface area contributed by atoms with Crippen molar-refractivity contribution in [1.29, 1.82) is 5.41 Å². The van der Waals surface area contributed by atoms with Gasteiger partial charge in [0.25, 0.3) is 0 Å². The summed E-state index contributed by atoms with van der Waals surface area (Å²) in [6.45, 7) is 0. The summed E-state index contributed by atoms with van der Waals surface area (Å²) in [7, 11) is 1.30. The van der Waals surface area contributed by atoms with Gasteiger partial charge in [-0.1, -0.05) is 18.2 Å². The van der Waals surface area contributed by atoms with E-state index in [1.807, 2.05) is 6.07 Å². The molecule has 5 nitrogen and oxygen atoms in total. The Balaban J connectivity index is 0. The molecule has 1 aromatic rings. The molecule has 102 valence electrons. The number of esters is 1. The first-order chi connectivity index (χ1) is 7.54. The van der Waals surface area contributed by atoms with Gasteiger partial charge in [0.2, 0.25) is 0 Å². The van der Waals surface area contributed by atoms with Crippen LogP contribution < -0.4 is 11.5 Å². The molecule has 0 spiro atoms. The second-order valence-electron chi connectivity index (χ2n) is 3.45. The molecule has 0 unspecified atom stereocenters. The number of halogens is 2. The van der Waals surface area contributed by atoms with E-state index in [0.29, 0.717) is 12.0 Å². The number of carbonyl (C=O) groups is 1. The van der Waals surface area contributed by atoms with E-state index in [1.165, 1.54) is 7.11 Å². The molecule has 7 heteroatoms. The standard InChI is InChI=1S/C11H15N3O2.2ClH/c1-16-11(15)9(12)6-7-3-2-4-8(5-7)10(13)14;;/h2-5,9H,6,12H2,1H3,(H3,13,14);2*1H/t9-;;/m0../s1. The van der Waals surface area contributed by atoms with Crippen molar-refractivity contribution >= 4 is 36.6 Å². The maximum atomic E-state index is 11.1. The van der Waals surface area contributed by atoms with E-state index in [9.17, 15) is 4.79 Å². The van der Waals surface area contributed by atoms with Gasteiger partial charge in [0, 0.05) is 5.56 Å². The molecule has 0 amide bonds. The third kappa shape index (κ3) is 5.35. The van der Waals surface area contributed by atoms with Crippen LogP contribution in [-0.2, 0) is 16.0 Å². The van der Waals surface area contributed by atoms with Crippen molar-refractivity contribution in [2.45, 2.75) is 12.5 Å². The average Bonchev–Trinajstić information content (AvgIpc) is 2.28. The predicted octanol–water partition coefficient (Wildman–Crippen LogP) is 0.857. The number of benzene rings is 1. The normalized spacial score (nSPS) is 10.6. The molecular formula is C11H17Cl2N3O2.